The minimum Gasteiger partial charge on any atom is -0.475 e. The number of aryl methyl sites for hydroxylation is 2. The molecule has 0 saturated carbocycles. The Morgan fingerprint density at radius 3 is 2.31 bits per heavy atom. The zero-order chi connectivity index (χ0) is 26.7. The molecule has 1 atom stereocenters. The van der Waals surface area contributed by atoms with Crippen molar-refractivity contribution < 1.29 is 32.4 Å². The van der Waals surface area contributed by atoms with Gasteiger partial charge in [-0.05, 0) is 51.6 Å². The smallest absolute Gasteiger partial charge is 0.475 e. The van der Waals surface area contributed by atoms with E-state index in [-0.39, 0.29) is 17.4 Å². The van der Waals surface area contributed by atoms with Crippen molar-refractivity contribution in [3.8, 4) is 0 Å². The number of carboxylic acids is 1. The molecule has 0 bridgehead atoms. The maximum Gasteiger partial charge on any atom is 0.490 e. The normalized spacial score (nSPS) is 20.9. The van der Waals surface area contributed by atoms with Crippen molar-refractivity contribution in [2.45, 2.75) is 77.1 Å². The zero-order valence-electron chi connectivity index (χ0n) is 21.1. The highest BCUT2D eigenvalue weighted by Gasteiger charge is 2.45. The van der Waals surface area contributed by atoms with Crippen LogP contribution in [0.4, 0.5) is 13.2 Å². The lowest BCUT2D eigenvalue weighted by molar-refractivity contribution is -0.192. The van der Waals surface area contributed by atoms with Gasteiger partial charge < -0.3 is 14.5 Å². The fourth-order valence-electron chi connectivity index (χ4n) is 5.01. The number of aliphatic carboxylic acids is 1. The van der Waals surface area contributed by atoms with Crippen LogP contribution in [0.5, 0.6) is 0 Å². The Morgan fingerprint density at radius 1 is 1.14 bits per heavy atom. The summed E-state index contributed by atoms with van der Waals surface area (Å²) in [6.07, 6.45) is 0.267. The van der Waals surface area contributed by atoms with Crippen LogP contribution in [-0.2, 0) is 18.4 Å². The quantitative estimate of drug-likeness (QED) is 0.655. The van der Waals surface area contributed by atoms with Gasteiger partial charge in [-0.3, -0.25) is 14.4 Å². The Morgan fingerprint density at radius 2 is 1.78 bits per heavy atom. The number of rotatable bonds is 4. The summed E-state index contributed by atoms with van der Waals surface area (Å²) in [5.74, 6) is -1.71. The number of amides is 1. The number of hydrogen-bond donors (Lipinski definition) is 1. The Kier molecular flexibility index (Phi) is 8.48. The molecule has 0 aromatic carbocycles. The lowest BCUT2D eigenvalue weighted by Crippen LogP contribution is -2.48. The van der Waals surface area contributed by atoms with Crippen LogP contribution in [0.3, 0.4) is 0 Å². The van der Waals surface area contributed by atoms with Crippen LogP contribution in [0.2, 0.25) is 0 Å². The number of alkyl halides is 3. The van der Waals surface area contributed by atoms with Crippen LogP contribution in [-0.4, -0.2) is 73.1 Å². The van der Waals surface area contributed by atoms with E-state index in [9.17, 15) is 18.0 Å². The molecular formula is C24H34F3N5O4. The lowest BCUT2D eigenvalue weighted by Gasteiger charge is -2.37. The van der Waals surface area contributed by atoms with Gasteiger partial charge in [-0.1, -0.05) is 19.0 Å². The maximum atomic E-state index is 13.3. The molecule has 2 fully saturated rings. The van der Waals surface area contributed by atoms with Crippen molar-refractivity contribution >= 4 is 11.9 Å². The number of halogens is 3. The van der Waals surface area contributed by atoms with Crippen LogP contribution in [0.1, 0.15) is 79.5 Å². The fourth-order valence-corrected chi connectivity index (χ4v) is 5.01. The lowest BCUT2D eigenvalue weighted by atomic mass is 9.87. The van der Waals surface area contributed by atoms with Gasteiger partial charge in [0.1, 0.15) is 5.76 Å². The number of nitrogens with zero attached hydrogens (tertiary/aromatic N) is 5. The molecule has 1 spiro atoms. The van der Waals surface area contributed by atoms with E-state index in [2.05, 4.69) is 40.0 Å². The molecule has 2 aliphatic heterocycles. The van der Waals surface area contributed by atoms with Crippen molar-refractivity contribution in [3.05, 3.63) is 35.0 Å². The average Bonchev–Trinajstić information content (AvgIpc) is 3.47. The van der Waals surface area contributed by atoms with Crippen molar-refractivity contribution in [1.29, 1.82) is 0 Å². The molecule has 1 amide bonds. The van der Waals surface area contributed by atoms with Gasteiger partial charge in [0.25, 0.3) is 5.91 Å². The summed E-state index contributed by atoms with van der Waals surface area (Å²) >= 11 is 0. The molecule has 36 heavy (non-hydrogen) atoms. The SMILES string of the molecule is Cc1cc(CN2CCCC3(CCCN3C(=O)c3cc(C(C)C)on3)CC2)n(C)n1.O=C(O)C(F)(F)F. The topological polar surface area (TPSA) is 105 Å². The summed E-state index contributed by atoms with van der Waals surface area (Å²) in [5.41, 5.74) is 2.74. The number of carbonyl (C=O) groups excluding carboxylic acids is 1. The third-order valence-corrected chi connectivity index (χ3v) is 6.89. The highest BCUT2D eigenvalue weighted by molar-refractivity contribution is 5.93. The van der Waals surface area contributed by atoms with E-state index in [0.717, 1.165) is 69.7 Å². The van der Waals surface area contributed by atoms with E-state index < -0.39 is 12.1 Å². The van der Waals surface area contributed by atoms with E-state index in [0.29, 0.717) is 5.69 Å². The van der Waals surface area contributed by atoms with E-state index in [1.807, 2.05) is 24.7 Å². The van der Waals surface area contributed by atoms with Gasteiger partial charge in [-0.15, -0.1) is 0 Å². The number of hydrogen-bond acceptors (Lipinski definition) is 6. The molecule has 2 aromatic heterocycles. The molecule has 9 nitrogen and oxygen atoms in total. The van der Waals surface area contributed by atoms with Crippen molar-refractivity contribution in [2.24, 2.45) is 7.05 Å². The number of carboxylic acid groups (broad SMARTS) is 1. The molecule has 2 aliphatic rings. The standard InChI is InChI=1S/C22H33N5O2.C2HF3O2/c1-16(2)20-14-19(24-29-20)21(28)27-11-6-8-22(27)7-5-10-26(12-9-22)15-18-13-17(3)23-25(18)4;3-2(4,5)1(6)7/h13-14,16H,5-12,15H2,1-4H3;(H,6,7). The van der Waals surface area contributed by atoms with Gasteiger partial charge in [0.2, 0.25) is 0 Å². The molecule has 4 heterocycles. The third-order valence-electron chi connectivity index (χ3n) is 6.89. The molecule has 4 rings (SSSR count). The van der Waals surface area contributed by atoms with E-state index in [4.69, 9.17) is 14.4 Å². The van der Waals surface area contributed by atoms with Crippen LogP contribution in [0.25, 0.3) is 0 Å². The molecule has 0 radical (unpaired) electrons. The van der Waals surface area contributed by atoms with Gasteiger partial charge in [0.15, 0.2) is 5.69 Å². The van der Waals surface area contributed by atoms with E-state index in [1.54, 1.807) is 0 Å². The molecule has 200 valence electrons. The Bertz CT molecular complexity index is 1060. The second-order valence-corrected chi connectivity index (χ2v) is 9.89. The fraction of sp³-hybridized carbons (Fsp3) is 0.667. The highest BCUT2D eigenvalue weighted by atomic mass is 19.4. The second-order valence-electron chi connectivity index (χ2n) is 9.89. The first-order valence-electron chi connectivity index (χ1n) is 12.1. The van der Waals surface area contributed by atoms with Gasteiger partial charge in [0.05, 0.1) is 11.4 Å². The van der Waals surface area contributed by atoms with Gasteiger partial charge >= 0.3 is 12.1 Å². The summed E-state index contributed by atoms with van der Waals surface area (Å²) < 4.78 is 39.1. The highest BCUT2D eigenvalue weighted by Crippen LogP contribution is 2.39. The second kappa shape index (κ2) is 11.0. The molecule has 2 aromatic rings. The molecule has 0 aliphatic carbocycles. The van der Waals surface area contributed by atoms with Gasteiger partial charge in [-0.2, -0.15) is 18.3 Å². The van der Waals surface area contributed by atoms with Gasteiger partial charge in [-0.25, -0.2) is 4.79 Å². The predicted molar refractivity (Wildman–Crippen MR) is 124 cm³/mol. The third kappa shape index (κ3) is 6.45. The van der Waals surface area contributed by atoms with Crippen LogP contribution < -0.4 is 0 Å². The molecule has 2 saturated heterocycles. The summed E-state index contributed by atoms with van der Waals surface area (Å²) in [6, 6.07) is 4.00. The van der Waals surface area contributed by atoms with Gasteiger partial charge in [0, 0.05) is 44.2 Å². The molecule has 1 unspecified atom stereocenters. The Balaban J connectivity index is 0.000000454. The molecular weight excluding hydrogens is 479 g/mol. The average molecular weight is 514 g/mol. The van der Waals surface area contributed by atoms with Crippen LogP contribution in [0.15, 0.2) is 16.7 Å². The maximum absolute atomic E-state index is 13.3. The minimum atomic E-state index is -5.08. The predicted octanol–water partition coefficient (Wildman–Crippen LogP) is 4.13. The Labute approximate surface area is 208 Å². The summed E-state index contributed by atoms with van der Waals surface area (Å²) in [4.78, 5) is 26.8. The number of aromatic nitrogens is 3. The van der Waals surface area contributed by atoms with E-state index >= 15 is 0 Å². The summed E-state index contributed by atoms with van der Waals surface area (Å²) in [7, 11) is 2.02. The molecule has 1 N–H and O–H groups in total. The Hall–Kier alpha value is -2.89. The largest absolute Gasteiger partial charge is 0.490 e. The summed E-state index contributed by atoms with van der Waals surface area (Å²) in [5, 5.41) is 15.7. The minimum absolute atomic E-state index is 0.0360. The zero-order valence-corrected chi connectivity index (χ0v) is 21.1. The van der Waals surface area contributed by atoms with Crippen LogP contribution in [0, 0.1) is 6.92 Å². The first-order chi connectivity index (χ1) is 16.8. The van der Waals surface area contributed by atoms with Crippen molar-refractivity contribution in [3.63, 3.8) is 0 Å². The number of likely N-dealkylation sites (tertiary alicyclic amines) is 2. The van der Waals surface area contributed by atoms with Crippen molar-refractivity contribution in [2.75, 3.05) is 19.6 Å². The monoisotopic (exact) mass is 513 g/mol. The number of carbonyl (C=O) groups is 2. The molecule has 12 heteroatoms. The van der Waals surface area contributed by atoms with Crippen LogP contribution >= 0.6 is 0 Å². The first-order valence-corrected chi connectivity index (χ1v) is 12.1. The van der Waals surface area contributed by atoms with E-state index in [1.165, 1.54) is 5.69 Å². The summed E-state index contributed by atoms with van der Waals surface area (Å²) in [6.45, 7) is 9.95. The van der Waals surface area contributed by atoms with Crippen molar-refractivity contribution in [1.82, 2.24) is 24.7 Å². The first kappa shape index (κ1) is 27.7.